The van der Waals surface area contributed by atoms with E-state index in [1.165, 1.54) is 32.5 Å². The van der Waals surface area contributed by atoms with Crippen LogP contribution >= 0.6 is 11.3 Å². The zero-order chi connectivity index (χ0) is 29.6. The van der Waals surface area contributed by atoms with Crippen molar-refractivity contribution in [3.63, 3.8) is 0 Å². The molecular weight excluding hydrogens is 548 g/mol. The van der Waals surface area contributed by atoms with Crippen molar-refractivity contribution in [3.8, 4) is 33.2 Å². The fourth-order valence-electron chi connectivity index (χ4n) is 6.71. The van der Waals surface area contributed by atoms with Crippen molar-refractivity contribution in [2.24, 2.45) is 0 Å². The number of rotatable bonds is 8. The first kappa shape index (κ1) is 27.2. The highest BCUT2D eigenvalue weighted by Gasteiger charge is 2.41. The first-order valence-corrected chi connectivity index (χ1v) is 15.6. The number of hydrogen-bond acceptors (Lipinski definition) is 5. The Labute approximate surface area is 257 Å². The van der Waals surface area contributed by atoms with E-state index in [-0.39, 0.29) is 5.41 Å². The summed E-state index contributed by atoms with van der Waals surface area (Å²) in [5, 5.41) is 1.07. The first-order valence-electron chi connectivity index (χ1n) is 14.8. The molecule has 43 heavy (non-hydrogen) atoms. The molecule has 1 aliphatic rings. The average Bonchev–Trinajstić information content (AvgIpc) is 3.62. The van der Waals surface area contributed by atoms with Crippen LogP contribution in [0, 0.1) is 0 Å². The Kier molecular flexibility index (Phi) is 6.91. The molecule has 214 valence electrons. The maximum absolute atomic E-state index is 5.62. The Morgan fingerprint density at radius 1 is 0.651 bits per heavy atom. The van der Waals surface area contributed by atoms with E-state index >= 15 is 0 Å². The molecule has 0 atom stereocenters. The summed E-state index contributed by atoms with van der Waals surface area (Å²) in [6.07, 6.45) is 2.02. The third-order valence-corrected chi connectivity index (χ3v) is 10.1. The van der Waals surface area contributed by atoms with Gasteiger partial charge in [-0.15, -0.1) is 11.3 Å². The Bertz CT molecular complexity index is 1880. The fourth-order valence-corrected chi connectivity index (χ4v) is 7.67. The van der Waals surface area contributed by atoms with E-state index in [9.17, 15) is 0 Å². The van der Waals surface area contributed by atoms with Crippen molar-refractivity contribution < 1.29 is 9.47 Å². The van der Waals surface area contributed by atoms with Crippen LogP contribution in [0.3, 0.4) is 0 Å². The molecule has 0 bridgehead atoms. The predicted molar refractivity (Wildman–Crippen MR) is 180 cm³/mol. The van der Waals surface area contributed by atoms with Gasteiger partial charge in [0.15, 0.2) is 0 Å². The number of fused-ring (bicyclic) bond motifs is 4. The van der Waals surface area contributed by atoms with Gasteiger partial charge in [-0.05, 0) is 89.7 Å². The topological polar surface area (TPSA) is 34.6 Å². The number of para-hydroxylation sites is 1. The minimum atomic E-state index is -0.0954. The van der Waals surface area contributed by atoms with Crippen molar-refractivity contribution in [1.29, 1.82) is 0 Å². The molecule has 6 aromatic rings. The van der Waals surface area contributed by atoms with Gasteiger partial charge in [-0.1, -0.05) is 56.3 Å². The molecule has 1 heterocycles. The van der Waals surface area contributed by atoms with Crippen LogP contribution in [0.5, 0.6) is 11.5 Å². The van der Waals surface area contributed by atoms with Gasteiger partial charge in [0.2, 0.25) is 0 Å². The molecule has 4 nitrogen and oxygen atoms in total. The van der Waals surface area contributed by atoms with Gasteiger partial charge in [-0.25, -0.2) is 4.98 Å². The zero-order valence-corrected chi connectivity index (χ0v) is 25.7. The molecule has 0 amide bonds. The van der Waals surface area contributed by atoms with E-state index in [0.717, 1.165) is 51.9 Å². The normalized spacial score (nSPS) is 13.0. The first-order chi connectivity index (χ1) is 21.1. The molecule has 0 saturated carbocycles. The monoisotopic (exact) mass is 582 g/mol. The smallest absolute Gasteiger partial charge is 0.124 e. The zero-order valence-electron chi connectivity index (χ0n) is 24.9. The van der Waals surface area contributed by atoms with Gasteiger partial charge in [0, 0.05) is 40.2 Å². The molecule has 1 aromatic heterocycles. The molecule has 5 heteroatoms. The second-order valence-corrected chi connectivity index (χ2v) is 12.0. The van der Waals surface area contributed by atoms with Crippen molar-refractivity contribution in [3.05, 3.63) is 120 Å². The van der Waals surface area contributed by atoms with Crippen LogP contribution in [0.25, 0.3) is 31.9 Å². The van der Waals surface area contributed by atoms with Crippen LogP contribution in [-0.4, -0.2) is 19.2 Å². The Hall–Kier alpha value is -4.61. The summed E-state index contributed by atoms with van der Waals surface area (Å²) in [5.41, 5.74) is 10.7. The van der Waals surface area contributed by atoms with Crippen LogP contribution in [0.4, 0.5) is 17.1 Å². The SMILES string of the molecule is CCC1(CC)c2cc(-c3nc4ccccc4s3)ccc2-c2ccc(N(c3cccc(OC)c3)c3cccc(OC)c3)cc21. The molecule has 0 unspecified atom stereocenters. The summed E-state index contributed by atoms with van der Waals surface area (Å²) in [4.78, 5) is 7.27. The molecule has 0 fully saturated rings. The number of benzene rings is 5. The predicted octanol–water partition coefficient (Wildman–Crippen LogP) is 10.5. The van der Waals surface area contributed by atoms with E-state index in [0.29, 0.717) is 0 Å². The molecule has 0 saturated heterocycles. The summed E-state index contributed by atoms with van der Waals surface area (Å²) in [6.45, 7) is 4.64. The fraction of sp³-hybridized carbons (Fsp3) is 0.184. The second-order valence-electron chi connectivity index (χ2n) is 11.0. The number of hydrogen-bond donors (Lipinski definition) is 0. The van der Waals surface area contributed by atoms with E-state index in [4.69, 9.17) is 14.5 Å². The second kappa shape index (κ2) is 10.9. The van der Waals surface area contributed by atoms with Gasteiger partial charge >= 0.3 is 0 Å². The third kappa shape index (κ3) is 4.47. The highest BCUT2D eigenvalue weighted by atomic mass is 32.1. The highest BCUT2D eigenvalue weighted by Crippen LogP contribution is 2.55. The molecule has 1 aliphatic carbocycles. The number of anilines is 3. The lowest BCUT2D eigenvalue weighted by Gasteiger charge is -2.32. The minimum Gasteiger partial charge on any atom is -0.497 e. The molecule has 0 spiro atoms. The van der Waals surface area contributed by atoms with Gasteiger partial charge in [-0.2, -0.15) is 0 Å². The van der Waals surface area contributed by atoms with Crippen LogP contribution < -0.4 is 14.4 Å². The highest BCUT2D eigenvalue weighted by molar-refractivity contribution is 7.21. The van der Waals surface area contributed by atoms with Gasteiger partial charge in [0.1, 0.15) is 16.5 Å². The van der Waals surface area contributed by atoms with Gasteiger partial charge < -0.3 is 14.4 Å². The van der Waals surface area contributed by atoms with Crippen LogP contribution in [-0.2, 0) is 5.41 Å². The molecule has 7 rings (SSSR count). The van der Waals surface area contributed by atoms with E-state index < -0.39 is 0 Å². The molecular formula is C38H34N2O2S. The van der Waals surface area contributed by atoms with Crippen LogP contribution in [0.1, 0.15) is 37.8 Å². The average molecular weight is 583 g/mol. The third-order valence-electron chi connectivity index (χ3n) is 8.97. The lowest BCUT2D eigenvalue weighted by atomic mass is 9.73. The van der Waals surface area contributed by atoms with Crippen molar-refractivity contribution >= 4 is 38.6 Å². The lowest BCUT2D eigenvalue weighted by molar-refractivity contribution is 0.414. The van der Waals surface area contributed by atoms with Gasteiger partial charge in [-0.3, -0.25) is 0 Å². The Morgan fingerprint density at radius 3 is 1.88 bits per heavy atom. The number of nitrogens with zero attached hydrogens (tertiary/aromatic N) is 2. The van der Waals surface area contributed by atoms with Crippen LogP contribution in [0.2, 0.25) is 0 Å². The largest absolute Gasteiger partial charge is 0.497 e. The van der Waals surface area contributed by atoms with Crippen LogP contribution in [0.15, 0.2) is 109 Å². The van der Waals surface area contributed by atoms with Gasteiger partial charge in [0.25, 0.3) is 0 Å². The number of ether oxygens (including phenoxy) is 2. The number of aromatic nitrogens is 1. The number of methoxy groups -OCH3 is 2. The van der Waals surface area contributed by atoms with E-state index in [1.807, 2.05) is 24.3 Å². The summed E-state index contributed by atoms with van der Waals surface area (Å²) >= 11 is 1.76. The van der Waals surface area contributed by atoms with E-state index in [2.05, 4.69) is 104 Å². The van der Waals surface area contributed by atoms with Crippen molar-refractivity contribution in [2.75, 3.05) is 19.1 Å². The van der Waals surface area contributed by atoms with Crippen molar-refractivity contribution in [2.45, 2.75) is 32.1 Å². The van der Waals surface area contributed by atoms with Crippen molar-refractivity contribution in [1.82, 2.24) is 4.98 Å². The van der Waals surface area contributed by atoms with E-state index in [1.54, 1.807) is 25.6 Å². The maximum Gasteiger partial charge on any atom is 0.124 e. The lowest BCUT2D eigenvalue weighted by Crippen LogP contribution is -2.23. The standard InChI is InChI=1S/C38H34N2O2S/c1-5-38(6-2)33-21-25(37-39-35-15-7-8-16-36(35)43-37)17-19-31(33)32-20-18-28(24-34(32)38)40(26-11-9-13-29(22-26)41-3)27-12-10-14-30(23-27)42-4/h7-24H,5-6H2,1-4H3. The number of thiazole rings is 1. The summed E-state index contributed by atoms with van der Waals surface area (Å²) in [7, 11) is 3.42. The summed E-state index contributed by atoms with van der Waals surface area (Å²) in [5.74, 6) is 1.63. The molecule has 0 radical (unpaired) electrons. The minimum absolute atomic E-state index is 0.0954. The maximum atomic E-state index is 5.62. The Morgan fingerprint density at radius 2 is 1.26 bits per heavy atom. The summed E-state index contributed by atoms with van der Waals surface area (Å²) in [6, 6.07) is 38.8. The summed E-state index contributed by atoms with van der Waals surface area (Å²) < 4.78 is 12.5. The quantitative estimate of drug-likeness (QED) is 0.179. The molecule has 0 aliphatic heterocycles. The van der Waals surface area contributed by atoms with Gasteiger partial charge in [0.05, 0.1) is 24.4 Å². The Balaban J connectivity index is 1.38. The molecule has 5 aromatic carbocycles. The molecule has 0 N–H and O–H groups in total.